The minimum atomic E-state index is -3.95. The van der Waals surface area contributed by atoms with Gasteiger partial charge >= 0.3 is 6.72 Å². The second-order valence-electron chi connectivity index (χ2n) is 6.70. The Bertz CT molecular complexity index is 1140. The number of anilines is 1. The molecule has 14 heteroatoms. The third-order valence-electron chi connectivity index (χ3n) is 4.65. The molecule has 0 spiro atoms. The van der Waals surface area contributed by atoms with Crippen molar-refractivity contribution in [2.75, 3.05) is 11.9 Å². The number of aromatic nitrogens is 4. The summed E-state index contributed by atoms with van der Waals surface area (Å²) in [5.74, 6) is -0.226. The number of imidazole rings is 1. The van der Waals surface area contributed by atoms with Crippen LogP contribution in [0, 0.1) is 0 Å². The lowest BCUT2D eigenvalue weighted by Crippen LogP contribution is -2.33. The van der Waals surface area contributed by atoms with Gasteiger partial charge in [0.2, 0.25) is 0 Å². The summed E-state index contributed by atoms with van der Waals surface area (Å²) >= 11 is 4.38. The van der Waals surface area contributed by atoms with E-state index in [1.54, 1.807) is 30.3 Å². The van der Waals surface area contributed by atoms with E-state index in [0.29, 0.717) is 5.56 Å². The fourth-order valence-corrected chi connectivity index (χ4v) is 3.69. The van der Waals surface area contributed by atoms with E-state index >= 15 is 0 Å². The van der Waals surface area contributed by atoms with E-state index < -0.39 is 37.9 Å². The highest BCUT2D eigenvalue weighted by atomic mass is 32.5. The number of fused-ring (bicyclic) bond motifs is 1. The summed E-state index contributed by atoms with van der Waals surface area (Å²) in [6.45, 7) is -4.38. The van der Waals surface area contributed by atoms with Gasteiger partial charge in [0, 0.05) is 5.56 Å². The van der Waals surface area contributed by atoms with Crippen LogP contribution in [-0.2, 0) is 21.1 Å². The lowest BCUT2D eigenvalue weighted by Gasteiger charge is -2.17. The van der Waals surface area contributed by atoms with Gasteiger partial charge in [-0.1, -0.05) is 18.2 Å². The van der Waals surface area contributed by atoms with Crippen LogP contribution in [-0.4, -0.2) is 70.3 Å². The summed E-state index contributed by atoms with van der Waals surface area (Å²) < 4.78 is 11.7. The number of rotatable bonds is 6. The number of carbonyl (C=O) groups is 1. The SMILES string of the molecule is O=C(Nc1ncnc2c1ncn2[C@@H]1O[C@H](COP(O)(O)=S)[C@H](O)C1O)c1ccccc1. The van der Waals surface area contributed by atoms with Crippen molar-refractivity contribution in [3.05, 3.63) is 48.5 Å². The maximum atomic E-state index is 12.4. The Balaban J connectivity index is 1.58. The molecule has 3 heterocycles. The number of ether oxygens (including phenoxy) is 1. The van der Waals surface area contributed by atoms with Gasteiger partial charge in [0.25, 0.3) is 5.91 Å². The number of amides is 1. The summed E-state index contributed by atoms with van der Waals surface area (Å²) in [5.41, 5.74) is 0.922. The molecule has 164 valence electrons. The Labute approximate surface area is 180 Å². The molecule has 1 aromatic carbocycles. The van der Waals surface area contributed by atoms with Crippen molar-refractivity contribution in [2.24, 2.45) is 0 Å². The topological polar surface area (TPSA) is 172 Å². The second kappa shape index (κ2) is 8.65. The van der Waals surface area contributed by atoms with E-state index in [2.05, 4.69) is 32.1 Å². The molecule has 0 radical (unpaired) electrons. The van der Waals surface area contributed by atoms with E-state index in [0.717, 1.165) is 0 Å². The zero-order chi connectivity index (χ0) is 22.2. The fraction of sp³-hybridized carbons (Fsp3) is 0.294. The van der Waals surface area contributed by atoms with E-state index in [1.165, 1.54) is 17.2 Å². The first-order valence-corrected chi connectivity index (χ1v) is 11.6. The van der Waals surface area contributed by atoms with Crippen molar-refractivity contribution in [1.82, 2.24) is 19.5 Å². The number of aliphatic hydroxyl groups excluding tert-OH is 2. The molecule has 4 atom stereocenters. The largest absolute Gasteiger partial charge is 0.387 e. The maximum Gasteiger partial charge on any atom is 0.321 e. The first kappa shape index (κ1) is 21.9. The number of hydrogen-bond donors (Lipinski definition) is 5. The van der Waals surface area contributed by atoms with Crippen molar-refractivity contribution < 1.29 is 34.1 Å². The van der Waals surface area contributed by atoms with Crippen LogP contribution in [0.4, 0.5) is 5.82 Å². The second-order valence-corrected chi connectivity index (χ2v) is 9.37. The molecule has 0 aliphatic carbocycles. The minimum absolute atomic E-state index is 0.159. The number of nitrogens with zero attached hydrogens (tertiary/aromatic N) is 4. The Morgan fingerprint density at radius 2 is 1.94 bits per heavy atom. The summed E-state index contributed by atoms with van der Waals surface area (Å²) in [5, 5.41) is 23.3. The van der Waals surface area contributed by atoms with Crippen LogP contribution in [0.1, 0.15) is 16.6 Å². The fourth-order valence-electron chi connectivity index (χ4n) is 3.17. The molecule has 5 N–H and O–H groups in total. The van der Waals surface area contributed by atoms with Crippen molar-refractivity contribution >= 4 is 41.4 Å². The van der Waals surface area contributed by atoms with Gasteiger partial charge in [-0.3, -0.25) is 9.36 Å². The van der Waals surface area contributed by atoms with Gasteiger partial charge in [0.1, 0.15) is 24.6 Å². The molecule has 2 aromatic heterocycles. The summed E-state index contributed by atoms with van der Waals surface area (Å²) in [7, 11) is 0. The molecule has 1 amide bonds. The molecule has 1 fully saturated rings. The number of nitrogens with one attached hydrogen (secondary N) is 1. The molecule has 0 saturated carbocycles. The molecular formula is C17H18N5O7PS. The van der Waals surface area contributed by atoms with Gasteiger partial charge in [-0.15, -0.1) is 0 Å². The highest BCUT2D eigenvalue weighted by Crippen LogP contribution is 2.39. The Hall–Kier alpha value is -2.35. The first-order valence-electron chi connectivity index (χ1n) is 9.00. The number of benzene rings is 1. The predicted molar refractivity (Wildman–Crippen MR) is 110 cm³/mol. The molecule has 1 aliphatic rings. The number of aliphatic hydroxyl groups is 2. The van der Waals surface area contributed by atoms with E-state index in [4.69, 9.17) is 9.26 Å². The van der Waals surface area contributed by atoms with Gasteiger partial charge in [-0.25, -0.2) is 15.0 Å². The molecule has 12 nitrogen and oxygen atoms in total. The average molecular weight is 467 g/mol. The third kappa shape index (κ3) is 4.63. The molecule has 3 aromatic rings. The highest BCUT2D eigenvalue weighted by molar-refractivity contribution is 8.06. The van der Waals surface area contributed by atoms with Crippen molar-refractivity contribution in [3.8, 4) is 0 Å². The van der Waals surface area contributed by atoms with Crippen LogP contribution in [0.2, 0.25) is 0 Å². The summed E-state index contributed by atoms with van der Waals surface area (Å²) in [6.07, 6.45) is -2.41. The van der Waals surface area contributed by atoms with Crippen LogP contribution >= 0.6 is 6.72 Å². The maximum absolute atomic E-state index is 12.4. The molecular weight excluding hydrogens is 449 g/mol. The molecule has 1 unspecified atom stereocenters. The Morgan fingerprint density at radius 3 is 2.65 bits per heavy atom. The summed E-state index contributed by atoms with van der Waals surface area (Å²) in [4.78, 5) is 43.3. The van der Waals surface area contributed by atoms with Crippen molar-refractivity contribution in [2.45, 2.75) is 24.5 Å². The van der Waals surface area contributed by atoms with Crippen LogP contribution in [0.15, 0.2) is 43.0 Å². The Kier molecular flexibility index (Phi) is 6.10. The minimum Gasteiger partial charge on any atom is -0.387 e. The zero-order valence-corrected chi connectivity index (χ0v) is 17.4. The van der Waals surface area contributed by atoms with Gasteiger partial charge in [0.05, 0.1) is 12.9 Å². The average Bonchev–Trinajstić information content (AvgIpc) is 3.29. The standard InChI is InChI=1S/C17H18N5O7PS/c23-12-10(6-28-30(26,27)31)29-17(13(12)24)22-8-20-11-14(18-7-19-15(11)22)21-16(25)9-4-2-1-3-5-9/h1-5,7-8,10,12-13,17,23-24H,6H2,(H2,26,27,31)(H,18,19,21,25)/t10-,12+,13?,17-/m1/s1. The summed E-state index contributed by atoms with van der Waals surface area (Å²) in [6, 6.07) is 8.55. The van der Waals surface area contributed by atoms with E-state index in [9.17, 15) is 24.8 Å². The normalized spacial score (nSPS) is 23.9. The first-order chi connectivity index (χ1) is 14.7. The lowest BCUT2D eigenvalue weighted by atomic mass is 10.1. The van der Waals surface area contributed by atoms with Gasteiger partial charge in [-0.05, 0) is 23.9 Å². The van der Waals surface area contributed by atoms with E-state index in [1.807, 2.05) is 0 Å². The van der Waals surface area contributed by atoms with Gasteiger partial charge in [-0.2, -0.15) is 0 Å². The molecule has 1 aliphatic heterocycles. The third-order valence-corrected chi connectivity index (χ3v) is 5.45. The van der Waals surface area contributed by atoms with Crippen LogP contribution in [0.3, 0.4) is 0 Å². The Morgan fingerprint density at radius 1 is 1.19 bits per heavy atom. The van der Waals surface area contributed by atoms with Gasteiger partial charge in [0.15, 0.2) is 23.2 Å². The van der Waals surface area contributed by atoms with Gasteiger partial charge < -0.3 is 34.6 Å². The molecule has 1 saturated heterocycles. The zero-order valence-electron chi connectivity index (χ0n) is 15.7. The quantitative estimate of drug-likeness (QED) is 0.307. The van der Waals surface area contributed by atoms with Crippen LogP contribution < -0.4 is 5.32 Å². The lowest BCUT2D eigenvalue weighted by molar-refractivity contribution is -0.0487. The molecule has 4 rings (SSSR count). The predicted octanol–water partition coefficient (Wildman–Crippen LogP) is -0.0765. The number of carbonyl (C=O) groups excluding carboxylic acids is 1. The smallest absolute Gasteiger partial charge is 0.321 e. The van der Waals surface area contributed by atoms with Crippen LogP contribution in [0.25, 0.3) is 11.2 Å². The van der Waals surface area contributed by atoms with Crippen LogP contribution in [0.5, 0.6) is 0 Å². The van der Waals surface area contributed by atoms with Crippen molar-refractivity contribution in [1.29, 1.82) is 0 Å². The highest BCUT2D eigenvalue weighted by Gasteiger charge is 2.45. The number of hydrogen-bond acceptors (Lipinski definition) is 9. The molecule has 31 heavy (non-hydrogen) atoms. The van der Waals surface area contributed by atoms with Crippen molar-refractivity contribution in [3.63, 3.8) is 0 Å². The van der Waals surface area contributed by atoms with E-state index in [-0.39, 0.29) is 22.9 Å². The molecule has 0 bridgehead atoms. The monoisotopic (exact) mass is 467 g/mol.